The molecule has 0 saturated heterocycles. The number of unbranched alkanes of at least 4 members (excludes halogenated alkanes) is 3. The van der Waals surface area contributed by atoms with Gasteiger partial charge in [-0.3, -0.25) is 4.79 Å². The normalized spacial score (nSPS) is 11.8. The number of hydrogen-bond donors (Lipinski definition) is 4. The van der Waals surface area contributed by atoms with Crippen LogP contribution in [0.15, 0.2) is 127 Å². The van der Waals surface area contributed by atoms with E-state index < -0.39 is 17.5 Å². The first-order valence-electron chi connectivity index (χ1n) is 19.1. The highest BCUT2D eigenvalue weighted by atomic mass is 35.5. The number of hydrogen-bond acceptors (Lipinski definition) is 7. The number of phenolic OH excluding ortho intramolecular Hbond substituents is 1. The number of carbonyl (C=O) groups is 1. The minimum Gasteiger partial charge on any atom is -0.508 e. The number of aromatic hydroxyl groups is 1. The van der Waals surface area contributed by atoms with Crippen LogP contribution in [-0.2, 0) is 37.6 Å². The van der Waals surface area contributed by atoms with Crippen molar-refractivity contribution in [1.29, 1.82) is 0 Å². The van der Waals surface area contributed by atoms with E-state index in [2.05, 4.69) is 5.32 Å². The van der Waals surface area contributed by atoms with E-state index in [9.17, 15) is 20.1 Å². The lowest BCUT2D eigenvalue weighted by Gasteiger charge is -2.31. The van der Waals surface area contributed by atoms with Gasteiger partial charge in [0, 0.05) is 40.9 Å². The number of aliphatic carboxylic acids is 1. The van der Waals surface area contributed by atoms with Gasteiger partial charge in [-0.25, -0.2) is 0 Å². The highest BCUT2D eigenvalue weighted by molar-refractivity contribution is 6.35. The van der Waals surface area contributed by atoms with Crippen molar-refractivity contribution in [3.8, 4) is 5.75 Å². The fourth-order valence-corrected chi connectivity index (χ4v) is 6.81. The summed E-state index contributed by atoms with van der Waals surface area (Å²) in [6, 6.07) is 38.7. The van der Waals surface area contributed by atoms with E-state index in [0.717, 1.165) is 60.0 Å². The van der Waals surface area contributed by atoms with Gasteiger partial charge in [-0.15, -0.1) is 0 Å². The molecular weight excluding hydrogens is 749 g/mol. The van der Waals surface area contributed by atoms with Crippen LogP contribution in [0.3, 0.4) is 0 Å². The minimum absolute atomic E-state index is 0.191. The van der Waals surface area contributed by atoms with Crippen molar-refractivity contribution in [1.82, 2.24) is 5.32 Å². The van der Waals surface area contributed by atoms with Gasteiger partial charge >= 0.3 is 5.97 Å². The average Bonchev–Trinajstić information content (AvgIpc) is 3.22. The Morgan fingerprint density at radius 2 is 1.23 bits per heavy atom. The molecule has 10 heteroatoms. The maximum atomic E-state index is 12.4. The third kappa shape index (κ3) is 13.2. The van der Waals surface area contributed by atoms with Crippen LogP contribution in [-0.4, -0.2) is 60.8 Å². The zero-order chi connectivity index (χ0) is 40.0. The van der Waals surface area contributed by atoms with Crippen LogP contribution < -0.4 is 5.32 Å². The van der Waals surface area contributed by atoms with Gasteiger partial charge in [-0.1, -0.05) is 139 Å². The number of nitrogens with one attached hydrogen (secondary N) is 1. The third-order valence-corrected chi connectivity index (χ3v) is 10.0. The van der Waals surface area contributed by atoms with Gasteiger partial charge in [-0.05, 0) is 72.8 Å². The van der Waals surface area contributed by atoms with Crippen molar-refractivity contribution < 1.29 is 34.3 Å². The first kappa shape index (κ1) is 44.5. The van der Waals surface area contributed by atoms with Gasteiger partial charge in [-0.2, -0.15) is 0 Å². The molecule has 5 rings (SSSR count). The molecule has 0 radical (unpaired) electrons. The second-order valence-electron chi connectivity index (χ2n) is 13.2. The zero-order valence-corrected chi connectivity index (χ0v) is 33.4. The van der Waals surface area contributed by atoms with Crippen LogP contribution in [0, 0.1) is 0 Å². The summed E-state index contributed by atoms with van der Waals surface area (Å²) in [6.07, 6.45) is 3.63. The van der Waals surface area contributed by atoms with Crippen LogP contribution in [0.4, 0.5) is 0 Å². The lowest BCUT2D eigenvalue weighted by atomic mass is 9.69. The standard InChI is InChI=1S/C26H37Cl2NO5.C20H16O2/c1-2-32-18-21-16-20(10-11-25(21)30)26(31)17-29-12-5-3-4-6-13-33-14-15-34-19-22-23(27)8-7-9-24(22)28;21-19(22)20(16-10-4-1-5-11-16,17-12-6-2-7-13-17)18-14-8-3-9-15-18/h7-11,16,26,29-31H,2-6,12-15,17-19H2,1H3;1-15H,(H,21,22). The highest BCUT2D eigenvalue weighted by Gasteiger charge is 2.43. The summed E-state index contributed by atoms with van der Waals surface area (Å²) in [5.41, 5.74) is 3.32. The number of benzene rings is 5. The van der Waals surface area contributed by atoms with E-state index in [0.29, 0.717) is 61.8 Å². The van der Waals surface area contributed by atoms with Crippen LogP contribution in [0.1, 0.15) is 72.1 Å². The van der Waals surface area contributed by atoms with E-state index in [1.165, 1.54) is 0 Å². The molecule has 0 fully saturated rings. The van der Waals surface area contributed by atoms with Gasteiger partial charge in [0.05, 0.1) is 32.5 Å². The van der Waals surface area contributed by atoms with Crippen molar-refractivity contribution in [2.45, 2.75) is 57.3 Å². The molecule has 298 valence electrons. The monoisotopic (exact) mass is 801 g/mol. The van der Waals surface area contributed by atoms with Crippen LogP contribution >= 0.6 is 23.2 Å². The Hall–Kier alpha value is -4.25. The van der Waals surface area contributed by atoms with Crippen molar-refractivity contribution >= 4 is 29.2 Å². The average molecular weight is 803 g/mol. The second kappa shape index (κ2) is 24.4. The fourth-order valence-electron chi connectivity index (χ4n) is 6.30. The van der Waals surface area contributed by atoms with Crippen molar-refractivity contribution in [2.24, 2.45) is 0 Å². The summed E-state index contributed by atoms with van der Waals surface area (Å²) >= 11 is 12.2. The van der Waals surface area contributed by atoms with Crippen molar-refractivity contribution in [3.05, 3.63) is 171 Å². The van der Waals surface area contributed by atoms with Crippen LogP contribution in [0.5, 0.6) is 5.75 Å². The van der Waals surface area contributed by atoms with Gasteiger partial charge < -0.3 is 34.8 Å². The molecule has 0 spiro atoms. The molecule has 0 aliphatic heterocycles. The molecule has 0 amide bonds. The molecule has 1 unspecified atom stereocenters. The smallest absolute Gasteiger partial charge is 0.323 e. The predicted molar refractivity (Wildman–Crippen MR) is 224 cm³/mol. The van der Waals surface area contributed by atoms with E-state index >= 15 is 0 Å². The quantitative estimate of drug-likeness (QED) is 0.0404. The number of aliphatic hydroxyl groups is 1. The van der Waals surface area contributed by atoms with Gasteiger partial charge in [0.2, 0.25) is 0 Å². The lowest BCUT2D eigenvalue weighted by molar-refractivity contribution is -0.140. The largest absolute Gasteiger partial charge is 0.508 e. The molecule has 1 atom stereocenters. The Labute approximate surface area is 341 Å². The Kier molecular flexibility index (Phi) is 19.4. The summed E-state index contributed by atoms with van der Waals surface area (Å²) in [5, 5.41) is 35.0. The third-order valence-electron chi connectivity index (χ3n) is 9.30. The number of rotatable bonds is 22. The fraction of sp³-hybridized carbons (Fsp3) is 0.326. The molecule has 0 bridgehead atoms. The van der Waals surface area contributed by atoms with E-state index in [-0.39, 0.29) is 5.75 Å². The number of ether oxygens (including phenoxy) is 3. The Balaban J connectivity index is 0.000000271. The Morgan fingerprint density at radius 1 is 0.679 bits per heavy atom. The summed E-state index contributed by atoms with van der Waals surface area (Å²) in [4.78, 5) is 12.4. The van der Waals surface area contributed by atoms with E-state index in [1.54, 1.807) is 30.3 Å². The summed E-state index contributed by atoms with van der Waals surface area (Å²) in [5.74, 6) is -0.688. The van der Waals surface area contributed by atoms with Crippen molar-refractivity contribution in [3.63, 3.8) is 0 Å². The molecule has 56 heavy (non-hydrogen) atoms. The molecule has 0 heterocycles. The van der Waals surface area contributed by atoms with Gasteiger partial charge in [0.25, 0.3) is 0 Å². The molecule has 4 N–H and O–H groups in total. The zero-order valence-electron chi connectivity index (χ0n) is 31.9. The summed E-state index contributed by atoms with van der Waals surface area (Å²) in [7, 11) is 0. The van der Waals surface area contributed by atoms with E-state index in [4.69, 9.17) is 37.4 Å². The van der Waals surface area contributed by atoms with Gasteiger partial charge in [0.1, 0.15) is 11.2 Å². The lowest BCUT2D eigenvalue weighted by Crippen LogP contribution is -2.38. The number of carboxylic acid groups (broad SMARTS) is 1. The van der Waals surface area contributed by atoms with Crippen molar-refractivity contribution in [2.75, 3.05) is 39.5 Å². The minimum atomic E-state index is -1.20. The molecule has 5 aromatic carbocycles. The molecular formula is C46H53Cl2NO7. The Morgan fingerprint density at radius 3 is 1.79 bits per heavy atom. The number of phenols is 1. The summed E-state index contributed by atoms with van der Waals surface area (Å²) in [6.45, 7) is 6.29. The first-order valence-corrected chi connectivity index (χ1v) is 19.8. The van der Waals surface area contributed by atoms with Gasteiger partial charge in [0.15, 0.2) is 0 Å². The number of aliphatic hydroxyl groups excluding tert-OH is 1. The summed E-state index contributed by atoms with van der Waals surface area (Å²) < 4.78 is 16.6. The Bertz CT molecular complexity index is 1750. The molecule has 0 aliphatic carbocycles. The second-order valence-corrected chi connectivity index (χ2v) is 14.0. The number of carboxylic acids is 1. The highest BCUT2D eigenvalue weighted by Crippen LogP contribution is 2.39. The van der Waals surface area contributed by atoms with Crippen LogP contribution in [0.25, 0.3) is 0 Å². The molecule has 8 nitrogen and oxygen atoms in total. The molecule has 0 aromatic heterocycles. The maximum Gasteiger partial charge on any atom is 0.323 e. The SMILES string of the molecule is CCOCc1cc(C(O)CNCCCCCCOCCOCc2c(Cl)cccc2Cl)ccc1O.O=C(O)C(c1ccccc1)(c1ccccc1)c1ccccc1. The molecule has 5 aromatic rings. The van der Waals surface area contributed by atoms with Crippen LogP contribution in [0.2, 0.25) is 10.0 Å². The first-order chi connectivity index (χ1) is 27.3. The predicted octanol–water partition coefficient (Wildman–Crippen LogP) is 9.76. The maximum absolute atomic E-state index is 12.4. The topological polar surface area (TPSA) is 117 Å². The number of halogens is 2. The van der Waals surface area contributed by atoms with E-state index in [1.807, 2.05) is 104 Å². The molecule has 0 aliphatic rings. The molecule has 0 saturated carbocycles.